The van der Waals surface area contributed by atoms with Crippen LogP contribution in [0.25, 0.3) is 11.0 Å². The highest BCUT2D eigenvalue weighted by molar-refractivity contribution is 7.13. The number of nitrogens with zero attached hydrogens (tertiary/aromatic N) is 2. The molecule has 8 nitrogen and oxygen atoms in total. The standard InChI is InChI=1S/C11H7N5O3S/c17-8(15-11-16-12-4-20-11)5-1-2-6-7(3-5)14-10(19)9(18)13-6/h1-4H,(H,13,18)(H,14,19)(H,15,16,17). The van der Waals surface area contributed by atoms with Gasteiger partial charge >= 0.3 is 11.1 Å². The van der Waals surface area contributed by atoms with Crippen LogP contribution in [0.3, 0.4) is 0 Å². The molecule has 0 bridgehead atoms. The fourth-order valence-corrected chi connectivity index (χ4v) is 2.09. The zero-order valence-electron chi connectivity index (χ0n) is 9.84. The lowest BCUT2D eigenvalue weighted by Crippen LogP contribution is -2.29. The van der Waals surface area contributed by atoms with Gasteiger partial charge in [-0.05, 0) is 18.2 Å². The Balaban J connectivity index is 2.00. The molecule has 2 heterocycles. The van der Waals surface area contributed by atoms with Crippen LogP contribution in [0.4, 0.5) is 5.13 Å². The molecule has 1 amide bonds. The zero-order chi connectivity index (χ0) is 14.1. The van der Waals surface area contributed by atoms with E-state index in [2.05, 4.69) is 25.5 Å². The van der Waals surface area contributed by atoms with E-state index in [0.29, 0.717) is 21.7 Å². The Hall–Kier alpha value is -2.81. The van der Waals surface area contributed by atoms with Crippen LogP contribution in [0.1, 0.15) is 10.4 Å². The van der Waals surface area contributed by atoms with Crippen molar-refractivity contribution >= 4 is 33.4 Å². The fraction of sp³-hybridized carbons (Fsp3) is 0. The summed E-state index contributed by atoms with van der Waals surface area (Å²) >= 11 is 1.19. The van der Waals surface area contributed by atoms with Crippen molar-refractivity contribution in [2.24, 2.45) is 0 Å². The van der Waals surface area contributed by atoms with E-state index in [9.17, 15) is 14.4 Å². The predicted molar refractivity (Wildman–Crippen MR) is 73.1 cm³/mol. The monoisotopic (exact) mass is 289 g/mol. The number of rotatable bonds is 2. The number of hydrogen-bond donors (Lipinski definition) is 3. The molecule has 3 N–H and O–H groups in total. The maximum atomic E-state index is 12.0. The first-order valence-electron chi connectivity index (χ1n) is 5.47. The molecular weight excluding hydrogens is 282 g/mol. The third kappa shape index (κ3) is 2.21. The molecule has 0 fully saturated rings. The molecule has 9 heteroatoms. The highest BCUT2D eigenvalue weighted by atomic mass is 32.1. The van der Waals surface area contributed by atoms with Gasteiger partial charge < -0.3 is 9.97 Å². The van der Waals surface area contributed by atoms with Crippen molar-refractivity contribution in [2.45, 2.75) is 0 Å². The minimum absolute atomic E-state index is 0.329. The van der Waals surface area contributed by atoms with Crippen LogP contribution < -0.4 is 16.4 Å². The number of hydrogen-bond acceptors (Lipinski definition) is 6. The molecule has 2 aromatic heterocycles. The van der Waals surface area contributed by atoms with Crippen molar-refractivity contribution in [3.63, 3.8) is 0 Å². The number of amides is 1. The van der Waals surface area contributed by atoms with Crippen LogP contribution in [0.5, 0.6) is 0 Å². The molecular formula is C11H7N5O3S. The van der Waals surface area contributed by atoms with Gasteiger partial charge in [-0.25, -0.2) is 0 Å². The smallest absolute Gasteiger partial charge is 0.314 e. The molecule has 3 rings (SSSR count). The summed E-state index contributed by atoms with van der Waals surface area (Å²) in [5.74, 6) is -0.379. The average Bonchev–Trinajstić information content (AvgIpc) is 2.92. The Morgan fingerprint density at radius 1 is 1.15 bits per heavy atom. The first-order chi connectivity index (χ1) is 9.63. The number of anilines is 1. The van der Waals surface area contributed by atoms with Crippen LogP contribution >= 0.6 is 11.3 Å². The molecule has 0 radical (unpaired) electrons. The maximum Gasteiger partial charge on any atom is 0.314 e. The van der Waals surface area contributed by atoms with E-state index in [0.717, 1.165) is 0 Å². The number of carbonyl (C=O) groups is 1. The van der Waals surface area contributed by atoms with Gasteiger partial charge in [-0.15, -0.1) is 10.2 Å². The number of H-pyrrole nitrogens is 2. The zero-order valence-corrected chi connectivity index (χ0v) is 10.7. The SMILES string of the molecule is O=C(Nc1nncs1)c1ccc2[nH]c(=O)c(=O)[nH]c2c1. The number of nitrogens with one attached hydrogen (secondary N) is 3. The highest BCUT2D eigenvalue weighted by Crippen LogP contribution is 2.13. The van der Waals surface area contributed by atoms with Gasteiger partial charge in [0.05, 0.1) is 11.0 Å². The van der Waals surface area contributed by atoms with E-state index in [4.69, 9.17) is 0 Å². The second-order valence-corrected chi connectivity index (χ2v) is 4.70. The second-order valence-electron chi connectivity index (χ2n) is 3.87. The van der Waals surface area contributed by atoms with Gasteiger partial charge in [0.2, 0.25) is 5.13 Å². The van der Waals surface area contributed by atoms with E-state index < -0.39 is 11.1 Å². The third-order valence-electron chi connectivity index (χ3n) is 2.56. The number of aromatic nitrogens is 4. The van der Waals surface area contributed by atoms with Gasteiger partial charge in [0.1, 0.15) is 5.51 Å². The molecule has 0 saturated heterocycles. The average molecular weight is 289 g/mol. The van der Waals surface area contributed by atoms with Gasteiger partial charge in [0, 0.05) is 5.56 Å². The van der Waals surface area contributed by atoms with Crippen LogP contribution in [0, 0.1) is 0 Å². The largest absolute Gasteiger partial charge is 0.316 e. The second kappa shape index (κ2) is 4.70. The number of benzene rings is 1. The Morgan fingerprint density at radius 2 is 1.90 bits per heavy atom. The minimum Gasteiger partial charge on any atom is -0.316 e. The molecule has 0 aliphatic rings. The summed E-state index contributed by atoms with van der Waals surface area (Å²) < 4.78 is 0. The lowest BCUT2D eigenvalue weighted by Gasteiger charge is -2.03. The van der Waals surface area contributed by atoms with E-state index in [1.165, 1.54) is 29.0 Å². The molecule has 0 aliphatic carbocycles. The summed E-state index contributed by atoms with van der Waals surface area (Å²) in [5.41, 5.74) is 1.15. The van der Waals surface area contributed by atoms with Crippen LogP contribution in [0.2, 0.25) is 0 Å². The number of carbonyl (C=O) groups excluding carboxylic acids is 1. The van der Waals surface area contributed by atoms with Gasteiger partial charge in [0.15, 0.2) is 0 Å². The Kier molecular flexibility index (Phi) is 2.88. The lowest BCUT2D eigenvalue weighted by atomic mass is 10.2. The lowest BCUT2D eigenvalue weighted by molar-refractivity contribution is 0.102. The fourth-order valence-electron chi connectivity index (χ4n) is 1.65. The number of fused-ring (bicyclic) bond motifs is 1. The van der Waals surface area contributed by atoms with E-state index >= 15 is 0 Å². The van der Waals surface area contributed by atoms with E-state index in [1.807, 2.05) is 0 Å². The van der Waals surface area contributed by atoms with Crippen LogP contribution in [0.15, 0.2) is 33.3 Å². The van der Waals surface area contributed by atoms with Gasteiger partial charge in [-0.3, -0.25) is 19.7 Å². The summed E-state index contributed by atoms with van der Waals surface area (Å²) in [5, 5.41) is 10.3. The molecule has 3 aromatic rings. The van der Waals surface area contributed by atoms with Crippen LogP contribution in [-0.2, 0) is 0 Å². The molecule has 100 valence electrons. The summed E-state index contributed by atoms with van der Waals surface area (Å²) in [6.07, 6.45) is 0. The third-order valence-corrected chi connectivity index (χ3v) is 3.17. The van der Waals surface area contributed by atoms with Crippen molar-refractivity contribution in [1.82, 2.24) is 20.2 Å². The molecule has 1 aromatic carbocycles. The summed E-state index contributed by atoms with van der Waals surface area (Å²) in [6.45, 7) is 0. The molecule has 20 heavy (non-hydrogen) atoms. The summed E-state index contributed by atoms with van der Waals surface area (Å²) in [7, 11) is 0. The first kappa shape index (κ1) is 12.2. The van der Waals surface area contributed by atoms with Crippen molar-refractivity contribution in [2.75, 3.05) is 5.32 Å². The predicted octanol–water partition coefficient (Wildman–Crippen LogP) is 0.320. The van der Waals surface area contributed by atoms with Crippen molar-refractivity contribution < 1.29 is 4.79 Å². The topological polar surface area (TPSA) is 121 Å². The van der Waals surface area contributed by atoms with Crippen molar-refractivity contribution in [3.05, 3.63) is 50.0 Å². The van der Waals surface area contributed by atoms with E-state index in [-0.39, 0.29) is 5.91 Å². The minimum atomic E-state index is -0.765. The van der Waals surface area contributed by atoms with Gasteiger partial charge in [-0.1, -0.05) is 11.3 Å². The summed E-state index contributed by atoms with van der Waals surface area (Å²) in [6, 6.07) is 4.55. The first-order valence-corrected chi connectivity index (χ1v) is 6.35. The Morgan fingerprint density at radius 3 is 2.60 bits per heavy atom. The molecule has 0 unspecified atom stereocenters. The Bertz CT molecular complexity index is 896. The molecule has 0 saturated carbocycles. The van der Waals surface area contributed by atoms with Crippen LogP contribution in [-0.4, -0.2) is 26.1 Å². The molecule has 0 aliphatic heterocycles. The van der Waals surface area contributed by atoms with E-state index in [1.54, 1.807) is 6.07 Å². The van der Waals surface area contributed by atoms with Crippen molar-refractivity contribution in [3.8, 4) is 0 Å². The number of aromatic amines is 2. The molecule has 0 spiro atoms. The van der Waals surface area contributed by atoms with Crippen molar-refractivity contribution in [1.29, 1.82) is 0 Å². The van der Waals surface area contributed by atoms with Gasteiger partial charge in [0.25, 0.3) is 5.91 Å². The summed E-state index contributed by atoms with van der Waals surface area (Å²) in [4.78, 5) is 39.2. The Labute approximate surface area is 114 Å². The maximum absolute atomic E-state index is 12.0. The quantitative estimate of drug-likeness (QED) is 0.587. The highest BCUT2D eigenvalue weighted by Gasteiger charge is 2.09. The van der Waals surface area contributed by atoms with Gasteiger partial charge in [-0.2, -0.15) is 0 Å². The normalized spacial score (nSPS) is 10.6. The molecule has 0 atom stereocenters.